The average Bonchev–Trinajstić information content (AvgIpc) is 3.04. The maximum atomic E-state index is 12.7. The summed E-state index contributed by atoms with van der Waals surface area (Å²) < 4.78 is 23.5. The van der Waals surface area contributed by atoms with Crippen LogP contribution in [0.3, 0.4) is 0 Å². The quantitative estimate of drug-likeness (QED) is 0.111. The Morgan fingerprint density at radius 3 is 2.21 bits per heavy atom. The average molecular weight is 753 g/mol. The molecular formula is C40H64O13. The number of aliphatic hydroxyl groups excluding tert-OH is 5. The molecule has 13 heteroatoms. The lowest BCUT2D eigenvalue weighted by Gasteiger charge is -2.54. The van der Waals surface area contributed by atoms with E-state index >= 15 is 0 Å². The molecule has 0 bridgehead atoms. The highest BCUT2D eigenvalue weighted by atomic mass is 16.7. The molecule has 0 aromatic rings. The van der Waals surface area contributed by atoms with Crippen LogP contribution in [-0.2, 0) is 33.3 Å². The van der Waals surface area contributed by atoms with Crippen LogP contribution in [0.5, 0.6) is 0 Å². The summed E-state index contributed by atoms with van der Waals surface area (Å²) in [6, 6.07) is 0. The lowest BCUT2D eigenvalue weighted by atomic mass is 9.58. The third-order valence-electron chi connectivity index (χ3n) is 11.9. The second-order valence-corrected chi connectivity index (χ2v) is 17.0. The Hall–Kier alpha value is -2.49. The number of carbonyl (C=O) groups is 3. The first-order chi connectivity index (χ1) is 24.4. The van der Waals surface area contributed by atoms with E-state index in [1.807, 2.05) is 33.8 Å². The molecule has 12 atom stereocenters. The number of ether oxygens (including phenoxy) is 4. The van der Waals surface area contributed by atoms with E-state index in [9.17, 15) is 45.0 Å². The summed E-state index contributed by atoms with van der Waals surface area (Å²) >= 11 is 0. The van der Waals surface area contributed by atoms with E-state index in [1.165, 1.54) is 26.0 Å². The van der Waals surface area contributed by atoms with Crippen molar-refractivity contribution in [2.24, 2.45) is 22.7 Å². The molecule has 1 saturated heterocycles. The number of hydrogen-bond donors (Lipinski definition) is 6. The summed E-state index contributed by atoms with van der Waals surface area (Å²) in [5.41, 5.74) is -2.11. The van der Waals surface area contributed by atoms with Crippen molar-refractivity contribution < 1.29 is 64.0 Å². The van der Waals surface area contributed by atoms with E-state index in [0.29, 0.717) is 31.3 Å². The van der Waals surface area contributed by atoms with Crippen molar-refractivity contribution in [1.82, 2.24) is 0 Å². The Kier molecular flexibility index (Phi) is 14.9. The maximum Gasteiger partial charge on any atom is 0.303 e. The van der Waals surface area contributed by atoms with E-state index in [1.54, 1.807) is 33.8 Å². The largest absolute Gasteiger partial charge is 0.459 e. The Morgan fingerprint density at radius 2 is 1.62 bits per heavy atom. The fourth-order valence-corrected chi connectivity index (χ4v) is 8.72. The van der Waals surface area contributed by atoms with Crippen molar-refractivity contribution in [3.8, 4) is 0 Å². The van der Waals surface area contributed by atoms with Gasteiger partial charge in [-0.2, -0.15) is 0 Å². The van der Waals surface area contributed by atoms with Crippen molar-refractivity contribution in [1.29, 1.82) is 0 Å². The van der Waals surface area contributed by atoms with Gasteiger partial charge in [0.05, 0.1) is 24.4 Å². The van der Waals surface area contributed by atoms with E-state index < -0.39 is 95.5 Å². The fraction of sp³-hybridized carbons (Fsp3) is 0.775. The number of esters is 2. The SMILES string of the molecule is CC(=O)O[C@@H](C[C@H]1C(C)(C)C(=O)C=C[C@]1(C)O)/C(C)=C/[C@H](O)C/C=C(\C)CC[C@H]1C(C)(C)[C@@H](O[C@@H]2O[C@H](CO)[C@H](O)[C@H](O)[C@H]2O)CC[C@]1(C)OC(C)=O. The first-order valence-corrected chi connectivity index (χ1v) is 18.7. The van der Waals surface area contributed by atoms with Crippen LogP contribution >= 0.6 is 0 Å². The molecular weight excluding hydrogens is 688 g/mol. The summed E-state index contributed by atoms with van der Waals surface area (Å²) in [5, 5.41) is 63.0. The molecule has 2 fully saturated rings. The molecule has 1 aliphatic heterocycles. The van der Waals surface area contributed by atoms with Gasteiger partial charge in [0.15, 0.2) is 12.1 Å². The van der Waals surface area contributed by atoms with Crippen LogP contribution in [0.15, 0.2) is 35.5 Å². The second-order valence-electron chi connectivity index (χ2n) is 17.0. The van der Waals surface area contributed by atoms with Crippen LogP contribution in [0.25, 0.3) is 0 Å². The van der Waals surface area contributed by atoms with Crippen LogP contribution in [0, 0.1) is 22.7 Å². The minimum atomic E-state index is -1.57. The molecule has 0 unspecified atom stereocenters. The minimum absolute atomic E-state index is 0.125. The fourth-order valence-electron chi connectivity index (χ4n) is 8.72. The van der Waals surface area contributed by atoms with Crippen LogP contribution in [-0.4, -0.2) is 115 Å². The highest BCUT2D eigenvalue weighted by Crippen LogP contribution is 2.52. The molecule has 1 heterocycles. The lowest BCUT2D eigenvalue weighted by Crippen LogP contribution is -2.62. The predicted octanol–water partition coefficient (Wildman–Crippen LogP) is 3.21. The zero-order chi connectivity index (χ0) is 40.3. The Labute approximate surface area is 314 Å². The number of carbonyl (C=O) groups excluding carboxylic acids is 3. The molecule has 3 aliphatic rings. The van der Waals surface area contributed by atoms with Gasteiger partial charge in [-0.3, -0.25) is 14.4 Å². The Bertz CT molecular complexity index is 1390. The van der Waals surface area contributed by atoms with Crippen molar-refractivity contribution in [3.63, 3.8) is 0 Å². The molecule has 0 radical (unpaired) electrons. The van der Waals surface area contributed by atoms with Gasteiger partial charge in [-0.25, -0.2) is 0 Å². The number of allylic oxidation sites excluding steroid dienone is 2. The summed E-state index contributed by atoms with van der Waals surface area (Å²) in [7, 11) is 0. The first-order valence-electron chi connectivity index (χ1n) is 18.7. The number of rotatable bonds is 14. The Morgan fingerprint density at radius 1 is 0.981 bits per heavy atom. The molecule has 0 amide bonds. The van der Waals surface area contributed by atoms with Crippen molar-refractivity contribution in [2.75, 3.05) is 6.61 Å². The van der Waals surface area contributed by atoms with Gasteiger partial charge in [0.25, 0.3) is 0 Å². The monoisotopic (exact) mass is 752 g/mol. The zero-order valence-electron chi connectivity index (χ0n) is 33.1. The van der Waals surface area contributed by atoms with Gasteiger partial charge in [-0.05, 0) is 89.4 Å². The third kappa shape index (κ3) is 10.6. The van der Waals surface area contributed by atoms with Gasteiger partial charge >= 0.3 is 11.9 Å². The Balaban J connectivity index is 1.75. The predicted molar refractivity (Wildman–Crippen MR) is 195 cm³/mol. The molecule has 1 saturated carbocycles. The van der Waals surface area contributed by atoms with E-state index in [4.69, 9.17) is 18.9 Å². The molecule has 0 spiro atoms. The van der Waals surface area contributed by atoms with Gasteiger partial charge in [-0.1, -0.05) is 45.4 Å². The molecule has 302 valence electrons. The lowest BCUT2D eigenvalue weighted by molar-refractivity contribution is -0.327. The highest BCUT2D eigenvalue weighted by molar-refractivity contribution is 5.95. The van der Waals surface area contributed by atoms with E-state index in [0.717, 1.165) is 5.57 Å². The zero-order valence-corrected chi connectivity index (χ0v) is 33.1. The molecule has 0 aromatic heterocycles. The highest BCUT2D eigenvalue weighted by Gasteiger charge is 2.55. The van der Waals surface area contributed by atoms with Crippen LogP contribution in [0.4, 0.5) is 0 Å². The summed E-state index contributed by atoms with van der Waals surface area (Å²) in [4.78, 5) is 37.1. The van der Waals surface area contributed by atoms with E-state index in [2.05, 4.69) is 0 Å². The van der Waals surface area contributed by atoms with Gasteiger partial charge in [-0.15, -0.1) is 0 Å². The number of aliphatic hydroxyl groups is 6. The standard InChI is InChI=1S/C40H64O13/c1-22(11-13-26(44)19-23(2)27(50-24(3)42)20-30-37(5,6)31(45)15-17-39(30,9)49)12-14-29-38(7,8)32(16-18-40(29,10)53-25(4)43)52-36-35(48)34(47)33(46)28(21-41)51-36/h11,15,17,19,26-30,32-36,41,44,46-49H,12-14,16,18,20-21H2,1-10H3/b22-11+,23-19+/t26-,27+,28-,29+,30+,32+,33+,34+,35-,36+,39+,40+/m1/s1. The summed E-state index contributed by atoms with van der Waals surface area (Å²) in [6.07, 6.45) is -0.266. The van der Waals surface area contributed by atoms with Crippen LogP contribution in [0.2, 0.25) is 0 Å². The van der Waals surface area contributed by atoms with Gasteiger partial charge in [0.2, 0.25) is 0 Å². The molecule has 6 N–H and O–H groups in total. The molecule has 53 heavy (non-hydrogen) atoms. The maximum absolute atomic E-state index is 12.7. The second kappa shape index (κ2) is 17.5. The molecule has 13 nitrogen and oxygen atoms in total. The topological polar surface area (TPSA) is 210 Å². The van der Waals surface area contributed by atoms with E-state index in [-0.39, 0.29) is 24.5 Å². The van der Waals surface area contributed by atoms with Crippen molar-refractivity contribution in [2.45, 2.75) is 168 Å². The van der Waals surface area contributed by atoms with Crippen LogP contribution in [0.1, 0.15) is 108 Å². The normalized spacial score (nSPS) is 37.2. The minimum Gasteiger partial charge on any atom is -0.459 e. The number of hydrogen-bond acceptors (Lipinski definition) is 13. The summed E-state index contributed by atoms with van der Waals surface area (Å²) in [5.74, 6) is -1.84. The van der Waals surface area contributed by atoms with Crippen LogP contribution < -0.4 is 0 Å². The van der Waals surface area contributed by atoms with Crippen molar-refractivity contribution >= 4 is 17.7 Å². The van der Waals surface area contributed by atoms with Gasteiger partial charge in [0, 0.05) is 31.1 Å². The molecule has 0 aromatic carbocycles. The smallest absolute Gasteiger partial charge is 0.303 e. The molecule has 2 aliphatic carbocycles. The van der Waals surface area contributed by atoms with Gasteiger partial charge < -0.3 is 49.6 Å². The first kappa shape index (κ1) is 44.9. The third-order valence-corrected chi connectivity index (χ3v) is 11.9. The van der Waals surface area contributed by atoms with Crippen molar-refractivity contribution in [3.05, 3.63) is 35.5 Å². The van der Waals surface area contributed by atoms with Gasteiger partial charge in [0.1, 0.15) is 36.1 Å². The summed E-state index contributed by atoms with van der Waals surface area (Å²) in [6.45, 7) is 16.8. The molecule has 3 rings (SSSR count). The number of ketones is 1.